The van der Waals surface area contributed by atoms with E-state index in [1.807, 2.05) is 0 Å². The smallest absolute Gasteiger partial charge is 0.292 e. The summed E-state index contributed by atoms with van der Waals surface area (Å²) in [5.74, 6) is -0.402. The van der Waals surface area contributed by atoms with Gasteiger partial charge in [0.1, 0.15) is 42.4 Å². The van der Waals surface area contributed by atoms with E-state index in [9.17, 15) is 53.4 Å². The fourth-order valence-corrected chi connectivity index (χ4v) is 7.41. The molecule has 2 unspecified atom stereocenters. The molecule has 0 bridgehead atoms. The Bertz CT molecular complexity index is 1810. The summed E-state index contributed by atoms with van der Waals surface area (Å²) in [5, 5.41) is 31.4. The Kier molecular flexibility index (Phi) is 10.6. The van der Waals surface area contributed by atoms with Crippen molar-refractivity contribution in [1.29, 1.82) is 0 Å². The highest BCUT2D eigenvalue weighted by Crippen LogP contribution is 2.56. The molecule has 0 aromatic carbocycles. The molecule has 3 aromatic heterocycles. The number of ketones is 1. The fraction of sp³-hybridized carbons (Fsp3) is 0.500. The van der Waals surface area contributed by atoms with E-state index in [0.29, 0.717) is 0 Å². The maximum Gasteiger partial charge on any atom is 0.292 e. The predicted molar refractivity (Wildman–Crippen MR) is 143 cm³/mol. The van der Waals surface area contributed by atoms with Crippen LogP contribution in [0.5, 0.6) is 0 Å². The van der Waals surface area contributed by atoms with Crippen molar-refractivity contribution >= 4 is 46.2 Å². The minimum Gasteiger partial charge on any atom is -0.790 e. The van der Waals surface area contributed by atoms with Crippen LogP contribution in [0.3, 0.4) is 0 Å². The second kappa shape index (κ2) is 13.9. The molecule has 3 aromatic rings. The number of phosphoric acid groups is 3. The first-order valence-electron chi connectivity index (χ1n) is 13.5. The number of carbonyl (C=O) groups is 1. The number of hydrogen-bond acceptors (Lipinski definition) is 21. The Morgan fingerprint density at radius 2 is 1.65 bits per heavy atom. The van der Waals surface area contributed by atoms with Crippen LogP contribution in [-0.4, -0.2) is 90.5 Å². The molecule has 10 atom stereocenters. The van der Waals surface area contributed by atoms with Crippen molar-refractivity contribution in [2.75, 3.05) is 18.9 Å². The molecule has 2 fully saturated rings. The Morgan fingerprint density at radius 3 is 2.27 bits per heavy atom. The summed E-state index contributed by atoms with van der Waals surface area (Å²) in [7, 11) is -17.4. The third-order valence-electron chi connectivity index (χ3n) is 7.08. The summed E-state index contributed by atoms with van der Waals surface area (Å²) in [4.78, 5) is 70.8. The standard InChI is InChI=1S/C22H29N6O17P3/c1-10(29)11-3-2-4-27(5-11)21-17(32)15(30)12(42-21)6-40-47(36,37)45-48(38,39)41-7-13-16(31)18(44-46(33,34)35)22(43-13)28-9-26-14-19(23)24-8-25-20(14)28/h2-5,8-9,12-13,15-18,21-22,30-32H,6-7H2,1H3,(H5-,23,24,25,33,34,35,36,37,38,39)/p-3/t12-,13-,15-,16-,17-,18-,21-,22-/m1/s1. The number of carbonyl (C=O) groups excluding carboxylic acids is 1. The average molecular weight is 739 g/mol. The largest absolute Gasteiger partial charge is 0.790 e. The Hall–Kier alpha value is -2.66. The molecule has 0 spiro atoms. The summed E-state index contributed by atoms with van der Waals surface area (Å²) < 4.78 is 66.9. The molecule has 0 radical (unpaired) electrons. The first-order chi connectivity index (χ1) is 22.4. The number of aliphatic hydroxyl groups is 3. The van der Waals surface area contributed by atoms with E-state index in [0.717, 1.165) is 17.2 Å². The third kappa shape index (κ3) is 8.20. The average Bonchev–Trinajstić information content (AvgIpc) is 3.64. The van der Waals surface area contributed by atoms with Crippen molar-refractivity contribution in [3.05, 3.63) is 42.7 Å². The summed E-state index contributed by atoms with van der Waals surface area (Å²) in [6.45, 7) is -0.937. The molecule has 5 heterocycles. The number of nitrogen functional groups attached to an aromatic ring is 1. The van der Waals surface area contributed by atoms with Gasteiger partial charge in [-0.15, -0.1) is 0 Å². The minimum atomic E-state index is -5.85. The van der Waals surface area contributed by atoms with Crippen LogP contribution >= 0.6 is 23.5 Å². The number of fused-ring (bicyclic) bond motifs is 1. The minimum absolute atomic E-state index is 0.0200. The number of aromatic nitrogens is 5. The number of anilines is 1. The Balaban J connectivity index is 1.21. The molecule has 26 heteroatoms. The molecule has 2 aliphatic heterocycles. The number of nitrogens with two attached hydrogens (primary N) is 1. The summed E-state index contributed by atoms with van der Waals surface area (Å²) in [6, 6.07) is 2.95. The van der Waals surface area contributed by atoms with E-state index in [1.165, 1.54) is 36.0 Å². The van der Waals surface area contributed by atoms with Crippen molar-refractivity contribution in [2.45, 2.75) is 56.0 Å². The quantitative estimate of drug-likeness (QED) is 0.0731. The third-order valence-corrected chi connectivity index (χ3v) is 10.1. The van der Waals surface area contributed by atoms with Gasteiger partial charge in [0, 0.05) is 6.07 Å². The first kappa shape index (κ1) is 36.6. The van der Waals surface area contributed by atoms with Crippen LogP contribution in [0.4, 0.5) is 5.82 Å². The van der Waals surface area contributed by atoms with Crippen molar-refractivity contribution in [3.63, 3.8) is 0 Å². The first-order valence-corrected chi connectivity index (χ1v) is 17.9. The molecule has 23 nitrogen and oxygen atoms in total. The van der Waals surface area contributed by atoms with Gasteiger partial charge >= 0.3 is 0 Å². The monoisotopic (exact) mass is 739 g/mol. The lowest BCUT2D eigenvalue weighted by molar-refractivity contribution is -0.765. The van der Waals surface area contributed by atoms with E-state index in [1.54, 1.807) is 0 Å². The second-order valence-electron chi connectivity index (χ2n) is 10.4. The number of phosphoric ester groups is 3. The van der Waals surface area contributed by atoms with Gasteiger partial charge in [-0.2, -0.15) is 4.57 Å². The zero-order valence-electron chi connectivity index (χ0n) is 24.2. The van der Waals surface area contributed by atoms with Gasteiger partial charge in [0.25, 0.3) is 21.9 Å². The van der Waals surface area contributed by atoms with Gasteiger partial charge in [0.05, 0.1) is 32.9 Å². The number of pyridine rings is 1. The van der Waals surface area contributed by atoms with Crippen LogP contribution < -0.4 is 29.9 Å². The van der Waals surface area contributed by atoms with Crippen molar-refractivity contribution in [2.24, 2.45) is 0 Å². The van der Waals surface area contributed by atoms with Gasteiger partial charge in [0.2, 0.25) is 0 Å². The molecule has 5 N–H and O–H groups in total. The highest BCUT2D eigenvalue weighted by atomic mass is 31.3. The van der Waals surface area contributed by atoms with Gasteiger partial charge in [-0.05, 0) is 13.0 Å². The molecule has 0 amide bonds. The Labute approximate surface area is 268 Å². The maximum absolute atomic E-state index is 12.4. The maximum atomic E-state index is 12.4. The van der Waals surface area contributed by atoms with Gasteiger partial charge in [-0.25, -0.2) is 19.3 Å². The molecule has 0 saturated carbocycles. The molecule has 264 valence electrons. The number of Topliss-reactive ketones (excluding diaryl/α,β-unsaturated/α-hetero) is 1. The van der Waals surface area contributed by atoms with Gasteiger partial charge < -0.3 is 68.2 Å². The zero-order valence-corrected chi connectivity index (χ0v) is 26.9. The molecule has 0 aliphatic carbocycles. The van der Waals surface area contributed by atoms with Crippen molar-refractivity contribution in [3.8, 4) is 0 Å². The fourth-order valence-electron chi connectivity index (χ4n) is 4.87. The Morgan fingerprint density at radius 1 is 1.00 bits per heavy atom. The lowest BCUT2D eigenvalue weighted by Gasteiger charge is -2.34. The molecule has 2 saturated heterocycles. The van der Waals surface area contributed by atoms with E-state index in [-0.39, 0.29) is 28.3 Å². The zero-order chi connectivity index (χ0) is 35.2. The number of nitrogens with zero attached hydrogens (tertiary/aromatic N) is 5. The molecular weight excluding hydrogens is 713 g/mol. The number of rotatable bonds is 13. The van der Waals surface area contributed by atoms with E-state index in [2.05, 4.69) is 32.8 Å². The summed E-state index contributed by atoms with van der Waals surface area (Å²) in [5.41, 5.74) is 5.93. The highest BCUT2D eigenvalue weighted by Gasteiger charge is 2.49. The molecular formula is C22H26N6O17P3-3. The number of imidazole rings is 1. The van der Waals surface area contributed by atoms with Crippen LogP contribution in [-0.2, 0) is 41.1 Å². The van der Waals surface area contributed by atoms with Crippen LogP contribution in [0, 0.1) is 0 Å². The lowest BCUT2D eigenvalue weighted by Crippen LogP contribution is -2.46. The predicted octanol–water partition coefficient (Wildman–Crippen LogP) is -4.32. The lowest BCUT2D eigenvalue weighted by atomic mass is 10.1. The molecule has 5 rings (SSSR count). The van der Waals surface area contributed by atoms with Gasteiger partial charge in [0.15, 0.2) is 42.0 Å². The van der Waals surface area contributed by atoms with E-state index in [4.69, 9.17) is 15.2 Å². The van der Waals surface area contributed by atoms with Gasteiger partial charge in [-0.3, -0.25) is 18.5 Å². The number of hydrogen-bond donors (Lipinski definition) is 4. The van der Waals surface area contributed by atoms with Crippen LogP contribution in [0.2, 0.25) is 0 Å². The second-order valence-corrected chi connectivity index (χ2v) is 14.4. The number of ether oxygens (including phenoxy) is 2. The molecule has 2 aliphatic rings. The molecule has 48 heavy (non-hydrogen) atoms. The van der Waals surface area contributed by atoms with Crippen LogP contribution in [0.25, 0.3) is 11.2 Å². The summed E-state index contributed by atoms with van der Waals surface area (Å²) >= 11 is 0. The van der Waals surface area contributed by atoms with Crippen LogP contribution in [0.1, 0.15) is 29.7 Å². The summed E-state index contributed by atoms with van der Waals surface area (Å²) in [6.07, 6.45) is -8.88. The van der Waals surface area contributed by atoms with Crippen molar-refractivity contribution in [1.82, 2.24) is 19.5 Å². The normalized spacial score (nSPS) is 30.3. The van der Waals surface area contributed by atoms with Crippen molar-refractivity contribution < 1.29 is 85.3 Å². The SMILES string of the molecule is CC(=O)c1ccc[n+]([C@@H]2O[C@H](COP(=O)([O-])OP(=O)([O-])OC[C@H]3O[C@@H](n4cnc5c(N)ncnc54)[C@H](OP(=O)([O-])[O-])[C@@H]3O)[C@@H](O)[C@H]2O)c1. The number of aliphatic hydroxyl groups excluding tert-OH is 3. The van der Waals surface area contributed by atoms with Crippen LogP contribution in [0.15, 0.2) is 37.2 Å². The topological polar surface area (TPSA) is 350 Å². The van der Waals surface area contributed by atoms with E-state index < -0.39 is 85.8 Å². The van der Waals surface area contributed by atoms with E-state index >= 15 is 0 Å². The highest BCUT2D eigenvalue weighted by molar-refractivity contribution is 7.59. The van der Waals surface area contributed by atoms with Gasteiger partial charge in [-0.1, -0.05) is 0 Å².